The molecule has 0 atom stereocenters. The van der Waals surface area contributed by atoms with Gasteiger partial charge in [0, 0.05) is 6.08 Å². The highest BCUT2D eigenvalue weighted by atomic mass is 16.7. The zero-order valence-electron chi connectivity index (χ0n) is 17.5. The average Bonchev–Trinajstić information content (AvgIpc) is 3.30. The standard InChI is InChI=1S/C25H22N2O5/c1-29-23-14-20(8-11-21(23)30-16-19-5-3-2-4-6-19)15-26-27-25(28)12-9-18-7-10-22-24(13-18)32-17-31-22/h2-15H,16-17H2,1H3,(H,27,28)/b12-9+,26-15+. The predicted octanol–water partition coefficient (Wildman–Crippen LogP) is 4.17. The highest BCUT2D eigenvalue weighted by Crippen LogP contribution is 2.32. The Morgan fingerprint density at radius 3 is 2.66 bits per heavy atom. The predicted molar refractivity (Wildman–Crippen MR) is 121 cm³/mol. The van der Waals surface area contributed by atoms with Crippen LogP contribution in [-0.4, -0.2) is 26.0 Å². The van der Waals surface area contributed by atoms with Crippen molar-refractivity contribution in [3.8, 4) is 23.0 Å². The van der Waals surface area contributed by atoms with E-state index in [0.29, 0.717) is 29.6 Å². The van der Waals surface area contributed by atoms with E-state index in [-0.39, 0.29) is 12.7 Å². The van der Waals surface area contributed by atoms with E-state index in [0.717, 1.165) is 16.7 Å². The molecular formula is C25H22N2O5. The number of nitrogens with zero attached hydrogens (tertiary/aromatic N) is 1. The number of methoxy groups -OCH3 is 1. The minimum Gasteiger partial charge on any atom is -0.493 e. The minimum atomic E-state index is -0.353. The molecule has 0 fully saturated rings. The van der Waals surface area contributed by atoms with Crippen molar-refractivity contribution in [3.63, 3.8) is 0 Å². The lowest BCUT2D eigenvalue weighted by atomic mass is 10.2. The van der Waals surface area contributed by atoms with Crippen molar-refractivity contribution in [3.05, 3.63) is 89.5 Å². The number of rotatable bonds is 8. The summed E-state index contributed by atoms with van der Waals surface area (Å²) >= 11 is 0. The first-order chi connectivity index (χ1) is 15.7. The van der Waals surface area contributed by atoms with Gasteiger partial charge >= 0.3 is 0 Å². The molecule has 0 unspecified atom stereocenters. The van der Waals surface area contributed by atoms with E-state index in [4.69, 9.17) is 18.9 Å². The van der Waals surface area contributed by atoms with Gasteiger partial charge in [0.1, 0.15) is 6.61 Å². The highest BCUT2D eigenvalue weighted by molar-refractivity contribution is 5.92. The maximum Gasteiger partial charge on any atom is 0.264 e. The normalized spacial score (nSPS) is 12.3. The van der Waals surface area contributed by atoms with E-state index in [9.17, 15) is 4.79 Å². The summed E-state index contributed by atoms with van der Waals surface area (Å²) in [6, 6.07) is 20.8. The van der Waals surface area contributed by atoms with Crippen molar-refractivity contribution in [2.24, 2.45) is 5.10 Å². The van der Waals surface area contributed by atoms with E-state index >= 15 is 0 Å². The molecule has 1 N–H and O–H groups in total. The molecule has 1 aliphatic heterocycles. The zero-order chi connectivity index (χ0) is 22.2. The molecule has 1 heterocycles. The van der Waals surface area contributed by atoms with E-state index in [1.165, 1.54) is 12.3 Å². The van der Waals surface area contributed by atoms with Gasteiger partial charge in [0.25, 0.3) is 5.91 Å². The number of ether oxygens (including phenoxy) is 4. The highest BCUT2D eigenvalue weighted by Gasteiger charge is 2.12. The third-order valence-corrected chi connectivity index (χ3v) is 4.64. The Morgan fingerprint density at radius 1 is 1.00 bits per heavy atom. The van der Waals surface area contributed by atoms with Crippen LogP contribution < -0.4 is 24.4 Å². The molecule has 0 spiro atoms. The third kappa shape index (κ3) is 5.46. The van der Waals surface area contributed by atoms with Crippen LogP contribution in [0.2, 0.25) is 0 Å². The Labute approximate surface area is 185 Å². The summed E-state index contributed by atoms with van der Waals surface area (Å²) in [7, 11) is 1.58. The van der Waals surface area contributed by atoms with Gasteiger partial charge in [0.2, 0.25) is 6.79 Å². The Kier molecular flexibility index (Phi) is 6.67. The number of hydrogen-bond acceptors (Lipinski definition) is 6. The summed E-state index contributed by atoms with van der Waals surface area (Å²) < 4.78 is 21.9. The molecule has 0 saturated heterocycles. The van der Waals surface area contributed by atoms with Crippen molar-refractivity contribution in [1.82, 2.24) is 5.43 Å². The number of hydrogen-bond donors (Lipinski definition) is 1. The van der Waals surface area contributed by atoms with Crippen LogP contribution in [0, 0.1) is 0 Å². The van der Waals surface area contributed by atoms with Crippen LogP contribution in [0.3, 0.4) is 0 Å². The molecule has 7 nitrogen and oxygen atoms in total. The topological polar surface area (TPSA) is 78.4 Å². The van der Waals surface area contributed by atoms with E-state index in [1.807, 2.05) is 54.6 Å². The van der Waals surface area contributed by atoms with Gasteiger partial charge in [-0.2, -0.15) is 5.10 Å². The lowest BCUT2D eigenvalue weighted by molar-refractivity contribution is -0.116. The number of carbonyl (C=O) groups excluding carboxylic acids is 1. The molecule has 3 aromatic rings. The van der Waals surface area contributed by atoms with Crippen LogP contribution in [0.4, 0.5) is 0 Å². The number of carbonyl (C=O) groups is 1. The fraction of sp³-hybridized carbons (Fsp3) is 0.120. The Balaban J connectivity index is 1.32. The average molecular weight is 430 g/mol. The molecule has 3 aromatic carbocycles. The molecular weight excluding hydrogens is 408 g/mol. The molecule has 0 radical (unpaired) electrons. The summed E-state index contributed by atoms with van der Waals surface area (Å²) in [5, 5.41) is 3.99. The van der Waals surface area contributed by atoms with Gasteiger partial charge in [-0.05, 0) is 53.1 Å². The van der Waals surface area contributed by atoms with Crippen LogP contribution in [0.1, 0.15) is 16.7 Å². The SMILES string of the molecule is COc1cc(/C=N/NC(=O)/C=C/c2ccc3c(c2)OCO3)ccc1OCc1ccccc1. The first-order valence-electron chi connectivity index (χ1n) is 9.97. The fourth-order valence-corrected chi connectivity index (χ4v) is 3.02. The zero-order valence-corrected chi connectivity index (χ0v) is 17.5. The summed E-state index contributed by atoms with van der Waals surface area (Å²) in [4.78, 5) is 12.0. The van der Waals surface area contributed by atoms with Crippen molar-refractivity contribution in [2.75, 3.05) is 13.9 Å². The molecule has 1 amide bonds. The molecule has 0 bridgehead atoms. The molecule has 0 saturated carbocycles. The van der Waals surface area contributed by atoms with Crippen molar-refractivity contribution in [2.45, 2.75) is 6.61 Å². The van der Waals surface area contributed by atoms with Gasteiger partial charge in [-0.15, -0.1) is 0 Å². The number of benzene rings is 3. The summed E-state index contributed by atoms with van der Waals surface area (Å²) in [6.07, 6.45) is 4.61. The van der Waals surface area contributed by atoms with Gasteiger partial charge in [0.15, 0.2) is 23.0 Å². The Hall–Kier alpha value is -4.26. The summed E-state index contributed by atoms with van der Waals surface area (Å²) in [6.45, 7) is 0.652. The fourth-order valence-electron chi connectivity index (χ4n) is 3.02. The second kappa shape index (κ2) is 10.2. The van der Waals surface area contributed by atoms with Crippen LogP contribution in [-0.2, 0) is 11.4 Å². The van der Waals surface area contributed by atoms with Crippen molar-refractivity contribution >= 4 is 18.2 Å². The van der Waals surface area contributed by atoms with E-state index < -0.39 is 0 Å². The van der Waals surface area contributed by atoms with Gasteiger partial charge in [-0.3, -0.25) is 4.79 Å². The van der Waals surface area contributed by atoms with Gasteiger partial charge < -0.3 is 18.9 Å². The summed E-state index contributed by atoms with van der Waals surface area (Å²) in [5.41, 5.74) is 5.12. The lowest BCUT2D eigenvalue weighted by Crippen LogP contribution is -2.14. The monoisotopic (exact) mass is 430 g/mol. The van der Waals surface area contributed by atoms with Gasteiger partial charge in [0.05, 0.1) is 13.3 Å². The minimum absolute atomic E-state index is 0.211. The van der Waals surface area contributed by atoms with Gasteiger partial charge in [-0.25, -0.2) is 5.43 Å². The van der Waals surface area contributed by atoms with Crippen molar-refractivity contribution < 1.29 is 23.7 Å². The van der Waals surface area contributed by atoms with Crippen LogP contribution in [0.25, 0.3) is 6.08 Å². The van der Waals surface area contributed by atoms with Crippen LogP contribution in [0.15, 0.2) is 77.9 Å². The molecule has 7 heteroatoms. The number of nitrogens with one attached hydrogen (secondary N) is 1. The molecule has 32 heavy (non-hydrogen) atoms. The molecule has 0 aromatic heterocycles. The second-order valence-electron chi connectivity index (χ2n) is 6.86. The van der Waals surface area contributed by atoms with E-state index in [2.05, 4.69) is 10.5 Å². The van der Waals surface area contributed by atoms with Crippen LogP contribution in [0.5, 0.6) is 23.0 Å². The number of hydrazone groups is 1. The molecule has 0 aliphatic carbocycles. The van der Waals surface area contributed by atoms with Crippen LogP contribution >= 0.6 is 0 Å². The smallest absolute Gasteiger partial charge is 0.264 e. The Morgan fingerprint density at radius 2 is 1.81 bits per heavy atom. The van der Waals surface area contributed by atoms with Gasteiger partial charge in [-0.1, -0.05) is 36.4 Å². The molecule has 162 valence electrons. The van der Waals surface area contributed by atoms with E-state index in [1.54, 1.807) is 25.3 Å². The number of fused-ring (bicyclic) bond motifs is 1. The largest absolute Gasteiger partial charge is 0.493 e. The third-order valence-electron chi connectivity index (χ3n) is 4.64. The maximum atomic E-state index is 12.0. The molecule has 1 aliphatic rings. The quantitative estimate of drug-likeness (QED) is 0.330. The second-order valence-corrected chi connectivity index (χ2v) is 6.86. The first-order valence-corrected chi connectivity index (χ1v) is 9.97. The Bertz CT molecular complexity index is 1140. The van der Waals surface area contributed by atoms with Crippen molar-refractivity contribution in [1.29, 1.82) is 0 Å². The number of amides is 1. The maximum absolute atomic E-state index is 12.0. The molecule has 4 rings (SSSR count). The lowest BCUT2D eigenvalue weighted by Gasteiger charge is -2.11. The first kappa shape index (κ1) is 21.0. The summed E-state index contributed by atoms with van der Waals surface area (Å²) in [5.74, 6) is 2.22.